The van der Waals surface area contributed by atoms with E-state index in [0.717, 1.165) is 16.8 Å². The molecule has 1 aliphatic rings. The fourth-order valence-electron chi connectivity index (χ4n) is 2.93. The van der Waals surface area contributed by atoms with Crippen molar-refractivity contribution in [3.63, 3.8) is 0 Å². The molecule has 0 atom stereocenters. The summed E-state index contributed by atoms with van der Waals surface area (Å²) in [6.07, 6.45) is 0.202. The van der Waals surface area contributed by atoms with Crippen LogP contribution in [0.25, 0.3) is 11.1 Å². The number of hydrogen-bond acceptors (Lipinski definition) is 4. The highest BCUT2D eigenvalue weighted by Gasteiger charge is 2.29. The summed E-state index contributed by atoms with van der Waals surface area (Å²) in [6.45, 7) is 1.55. The Balaban J connectivity index is 1.68. The molecule has 0 radical (unpaired) electrons. The van der Waals surface area contributed by atoms with E-state index >= 15 is 0 Å². The van der Waals surface area contributed by atoms with Crippen LogP contribution in [0, 0.1) is 11.3 Å². The van der Waals surface area contributed by atoms with E-state index in [9.17, 15) is 9.59 Å². The van der Waals surface area contributed by atoms with E-state index in [2.05, 4.69) is 10.8 Å². The molecule has 0 aromatic heterocycles. The molecule has 0 saturated carbocycles. The van der Waals surface area contributed by atoms with Gasteiger partial charge in [0.05, 0.1) is 25.2 Å². The zero-order chi connectivity index (χ0) is 18.5. The molecule has 1 fully saturated rings. The Morgan fingerprint density at radius 3 is 2.27 bits per heavy atom. The summed E-state index contributed by atoms with van der Waals surface area (Å²) >= 11 is 0. The normalized spacial score (nSPS) is 13.6. The standard InChI is InChI=1S/C20H19N3O3/c1-26-19(24)10-11-22-12-13-23(20(22)25)18-8-6-17(7-9-18)16-4-2-15(14-21)3-5-16/h2-9H,10-13H2,1H3. The number of amides is 2. The molecule has 0 N–H and O–H groups in total. The Kier molecular flexibility index (Phi) is 5.18. The summed E-state index contributed by atoms with van der Waals surface area (Å²) < 4.78 is 4.62. The van der Waals surface area contributed by atoms with Crippen molar-refractivity contribution in [2.24, 2.45) is 0 Å². The van der Waals surface area contributed by atoms with Crippen molar-refractivity contribution in [3.05, 3.63) is 54.1 Å². The summed E-state index contributed by atoms with van der Waals surface area (Å²) in [6, 6.07) is 17.1. The minimum Gasteiger partial charge on any atom is -0.469 e. The number of benzene rings is 2. The maximum absolute atomic E-state index is 12.5. The number of nitriles is 1. The van der Waals surface area contributed by atoms with Gasteiger partial charge in [-0.3, -0.25) is 9.69 Å². The second-order valence-corrected chi connectivity index (χ2v) is 5.98. The Morgan fingerprint density at radius 1 is 1.08 bits per heavy atom. The third-order valence-corrected chi connectivity index (χ3v) is 4.43. The van der Waals surface area contributed by atoms with Crippen molar-refractivity contribution < 1.29 is 14.3 Å². The van der Waals surface area contributed by atoms with Crippen molar-refractivity contribution in [2.75, 3.05) is 31.6 Å². The van der Waals surface area contributed by atoms with Crippen LogP contribution < -0.4 is 4.90 Å². The SMILES string of the molecule is COC(=O)CCN1CCN(c2ccc(-c3ccc(C#N)cc3)cc2)C1=O. The largest absolute Gasteiger partial charge is 0.469 e. The lowest BCUT2D eigenvalue weighted by Gasteiger charge is -2.18. The van der Waals surface area contributed by atoms with E-state index in [4.69, 9.17) is 5.26 Å². The zero-order valence-electron chi connectivity index (χ0n) is 14.5. The lowest BCUT2D eigenvalue weighted by molar-refractivity contribution is -0.140. The first-order chi connectivity index (χ1) is 12.6. The van der Waals surface area contributed by atoms with Crippen LogP contribution in [-0.4, -0.2) is 43.6 Å². The highest BCUT2D eigenvalue weighted by molar-refractivity contribution is 5.94. The van der Waals surface area contributed by atoms with Crippen LogP contribution in [0.5, 0.6) is 0 Å². The first-order valence-electron chi connectivity index (χ1n) is 8.36. The lowest BCUT2D eigenvalue weighted by Crippen LogP contribution is -2.33. The maximum atomic E-state index is 12.5. The summed E-state index contributed by atoms with van der Waals surface area (Å²) in [5, 5.41) is 8.87. The Labute approximate surface area is 152 Å². The Bertz CT molecular complexity index is 838. The molecule has 132 valence electrons. The Morgan fingerprint density at radius 2 is 1.69 bits per heavy atom. The van der Waals surface area contributed by atoms with Gasteiger partial charge in [0.1, 0.15) is 0 Å². The topological polar surface area (TPSA) is 73.6 Å². The van der Waals surface area contributed by atoms with Gasteiger partial charge < -0.3 is 9.64 Å². The fraction of sp³-hybridized carbons (Fsp3) is 0.250. The molecule has 2 aromatic carbocycles. The fourth-order valence-corrected chi connectivity index (χ4v) is 2.93. The average Bonchev–Trinajstić information content (AvgIpc) is 3.06. The van der Waals surface area contributed by atoms with Gasteiger partial charge in [-0.2, -0.15) is 5.26 Å². The quantitative estimate of drug-likeness (QED) is 0.778. The Hall–Kier alpha value is -3.33. The number of carbonyl (C=O) groups excluding carboxylic acids is 2. The van der Waals surface area contributed by atoms with Gasteiger partial charge >= 0.3 is 12.0 Å². The molecule has 2 aromatic rings. The van der Waals surface area contributed by atoms with Crippen molar-refractivity contribution in [2.45, 2.75) is 6.42 Å². The molecule has 6 nitrogen and oxygen atoms in total. The molecular weight excluding hydrogens is 330 g/mol. The predicted molar refractivity (Wildman–Crippen MR) is 97.5 cm³/mol. The van der Waals surface area contributed by atoms with E-state index in [-0.39, 0.29) is 18.4 Å². The number of esters is 1. The van der Waals surface area contributed by atoms with Gasteiger partial charge in [0.2, 0.25) is 0 Å². The van der Waals surface area contributed by atoms with Crippen molar-refractivity contribution in [3.8, 4) is 17.2 Å². The monoisotopic (exact) mass is 349 g/mol. The summed E-state index contributed by atoms with van der Waals surface area (Å²) in [4.78, 5) is 27.1. The van der Waals surface area contributed by atoms with Crippen LogP contribution >= 0.6 is 0 Å². The highest BCUT2D eigenvalue weighted by Crippen LogP contribution is 2.25. The van der Waals surface area contributed by atoms with E-state index in [1.165, 1.54) is 7.11 Å². The van der Waals surface area contributed by atoms with E-state index in [1.807, 2.05) is 36.4 Å². The second-order valence-electron chi connectivity index (χ2n) is 5.98. The molecule has 0 bridgehead atoms. The lowest BCUT2D eigenvalue weighted by atomic mass is 10.0. The molecule has 2 amide bonds. The first-order valence-corrected chi connectivity index (χ1v) is 8.36. The number of ether oxygens (including phenoxy) is 1. The van der Waals surface area contributed by atoms with Crippen LogP contribution in [0.4, 0.5) is 10.5 Å². The van der Waals surface area contributed by atoms with Gasteiger partial charge in [-0.05, 0) is 35.4 Å². The number of methoxy groups -OCH3 is 1. The van der Waals surface area contributed by atoms with Crippen LogP contribution in [0.15, 0.2) is 48.5 Å². The molecule has 0 unspecified atom stereocenters. The summed E-state index contributed by atoms with van der Waals surface area (Å²) in [5.41, 5.74) is 3.49. The zero-order valence-corrected chi connectivity index (χ0v) is 14.5. The molecular formula is C20H19N3O3. The van der Waals surface area contributed by atoms with Crippen molar-refractivity contribution in [1.29, 1.82) is 5.26 Å². The van der Waals surface area contributed by atoms with E-state index < -0.39 is 0 Å². The minimum absolute atomic E-state index is 0.0972. The van der Waals surface area contributed by atoms with Crippen LogP contribution in [0.2, 0.25) is 0 Å². The van der Waals surface area contributed by atoms with Crippen molar-refractivity contribution in [1.82, 2.24) is 4.90 Å². The molecule has 1 aliphatic heterocycles. The summed E-state index contributed by atoms with van der Waals surface area (Å²) in [7, 11) is 1.34. The van der Waals surface area contributed by atoms with E-state index in [0.29, 0.717) is 25.2 Å². The van der Waals surface area contributed by atoms with Crippen LogP contribution in [-0.2, 0) is 9.53 Å². The number of nitrogens with zero attached hydrogens (tertiary/aromatic N) is 3. The molecule has 6 heteroatoms. The van der Waals surface area contributed by atoms with Gasteiger partial charge in [0.25, 0.3) is 0 Å². The highest BCUT2D eigenvalue weighted by atomic mass is 16.5. The predicted octanol–water partition coefficient (Wildman–Crippen LogP) is 3.03. The number of anilines is 1. The van der Waals surface area contributed by atoms with Gasteiger partial charge in [-0.1, -0.05) is 24.3 Å². The molecule has 26 heavy (non-hydrogen) atoms. The molecule has 1 heterocycles. The average molecular weight is 349 g/mol. The number of rotatable bonds is 5. The summed E-state index contributed by atoms with van der Waals surface area (Å²) in [5.74, 6) is -0.317. The number of urea groups is 1. The van der Waals surface area contributed by atoms with Gasteiger partial charge in [0, 0.05) is 25.3 Å². The first kappa shape index (κ1) is 17.5. The smallest absolute Gasteiger partial charge is 0.324 e. The third-order valence-electron chi connectivity index (χ3n) is 4.43. The molecule has 0 aliphatic carbocycles. The minimum atomic E-state index is -0.317. The van der Waals surface area contributed by atoms with Gasteiger partial charge in [-0.15, -0.1) is 0 Å². The number of hydrogen-bond donors (Lipinski definition) is 0. The molecule has 0 spiro atoms. The van der Waals surface area contributed by atoms with Gasteiger partial charge in [0.15, 0.2) is 0 Å². The van der Waals surface area contributed by atoms with Crippen LogP contribution in [0.3, 0.4) is 0 Å². The number of carbonyl (C=O) groups is 2. The van der Waals surface area contributed by atoms with Crippen molar-refractivity contribution >= 4 is 17.7 Å². The van der Waals surface area contributed by atoms with Gasteiger partial charge in [-0.25, -0.2) is 4.79 Å². The molecule has 3 rings (SSSR count). The molecule has 1 saturated heterocycles. The second kappa shape index (κ2) is 7.70. The maximum Gasteiger partial charge on any atom is 0.324 e. The van der Waals surface area contributed by atoms with Crippen LogP contribution in [0.1, 0.15) is 12.0 Å². The van der Waals surface area contributed by atoms with E-state index in [1.54, 1.807) is 21.9 Å². The third kappa shape index (κ3) is 3.67.